The van der Waals surface area contributed by atoms with Crippen LogP contribution in [0.4, 0.5) is 0 Å². The van der Waals surface area contributed by atoms with E-state index in [1.807, 2.05) is 37.3 Å². The van der Waals surface area contributed by atoms with E-state index in [9.17, 15) is 4.79 Å². The second-order valence-corrected chi connectivity index (χ2v) is 4.87. The molecule has 0 saturated carbocycles. The number of nitrogens with one attached hydrogen (secondary N) is 2. The first-order valence-electron chi connectivity index (χ1n) is 7.11. The molecule has 5 nitrogen and oxygen atoms in total. The van der Waals surface area contributed by atoms with E-state index in [0.717, 1.165) is 34.9 Å². The quantitative estimate of drug-likeness (QED) is 0.901. The van der Waals surface area contributed by atoms with Gasteiger partial charge in [-0.15, -0.1) is 0 Å². The first-order valence-corrected chi connectivity index (χ1v) is 7.11. The Kier molecular flexibility index (Phi) is 3.92. The minimum Gasteiger partial charge on any atom is -0.486 e. The molecule has 0 radical (unpaired) electrons. The van der Waals surface area contributed by atoms with E-state index in [2.05, 4.69) is 10.3 Å². The van der Waals surface area contributed by atoms with E-state index in [1.54, 1.807) is 0 Å². The first-order chi connectivity index (χ1) is 10.3. The van der Waals surface area contributed by atoms with Crippen molar-refractivity contribution < 1.29 is 9.47 Å². The van der Waals surface area contributed by atoms with E-state index in [4.69, 9.17) is 9.47 Å². The summed E-state index contributed by atoms with van der Waals surface area (Å²) in [5, 5.41) is 3.15. The van der Waals surface area contributed by atoms with Crippen molar-refractivity contribution in [3.63, 3.8) is 0 Å². The third-order valence-electron chi connectivity index (χ3n) is 3.41. The van der Waals surface area contributed by atoms with Gasteiger partial charge in [0.15, 0.2) is 11.5 Å². The van der Waals surface area contributed by atoms with Crippen LogP contribution in [0.3, 0.4) is 0 Å². The fraction of sp³-hybridized carbons (Fsp3) is 0.312. The van der Waals surface area contributed by atoms with Gasteiger partial charge in [-0.25, -0.2) is 0 Å². The highest BCUT2D eigenvalue weighted by Crippen LogP contribution is 2.33. The highest BCUT2D eigenvalue weighted by Gasteiger charge is 2.13. The lowest BCUT2D eigenvalue weighted by Gasteiger charge is -2.18. The molecule has 1 aromatic heterocycles. The molecule has 3 rings (SSSR count). The van der Waals surface area contributed by atoms with Crippen molar-refractivity contribution in [3.8, 4) is 22.8 Å². The van der Waals surface area contributed by atoms with Crippen LogP contribution in [-0.4, -0.2) is 24.7 Å². The predicted octanol–water partition coefficient (Wildman–Crippen LogP) is 1.92. The second kappa shape index (κ2) is 6.01. The van der Waals surface area contributed by atoms with Crippen molar-refractivity contribution in [1.29, 1.82) is 0 Å². The Morgan fingerprint density at radius 1 is 1.14 bits per heavy atom. The summed E-state index contributed by atoms with van der Waals surface area (Å²) in [5.41, 5.74) is 2.35. The largest absolute Gasteiger partial charge is 0.486 e. The smallest absolute Gasteiger partial charge is 0.252 e. The fourth-order valence-corrected chi connectivity index (χ4v) is 2.28. The number of H-pyrrole nitrogens is 1. The van der Waals surface area contributed by atoms with Crippen LogP contribution in [0.5, 0.6) is 11.5 Å². The zero-order valence-corrected chi connectivity index (χ0v) is 11.9. The monoisotopic (exact) mass is 286 g/mol. The fourth-order valence-electron chi connectivity index (χ4n) is 2.28. The van der Waals surface area contributed by atoms with Crippen LogP contribution in [0.25, 0.3) is 11.3 Å². The van der Waals surface area contributed by atoms with E-state index in [0.29, 0.717) is 19.8 Å². The molecule has 1 aliphatic heterocycles. The van der Waals surface area contributed by atoms with Crippen molar-refractivity contribution in [3.05, 3.63) is 46.2 Å². The summed E-state index contributed by atoms with van der Waals surface area (Å²) in [5.74, 6) is 1.47. The molecular formula is C16H18N2O3. The summed E-state index contributed by atoms with van der Waals surface area (Å²) in [6, 6.07) is 9.45. The van der Waals surface area contributed by atoms with E-state index in [-0.39, 0.29) is 5.56 Å². The normalized spacial score (nSPS) is 13.2. The average Bonchev–Trinajstić information content (AvgIpc) is 2.53. The Labute approximate surface area is 122 Å². The molecule has 21 heavy (non-hydrogen) atoms. The van der Waals surface area contributed by atoms with Crippen molar-refractivity contribution >= 4 is 0 Å². The maximum atomic E-state index is 12.1. The zero-order chi connectivity index (χ0) is 14.7. The molecular weight excluding hydrogens is 268 g/mol. The Morgan fingerprint density at radius 2 is 1.95 bits per heavy atom. The van der Waals surface area contributed by atoms with E-state index >= 15 is 0 Å². The topological polar surface area (TPSA) is 63.4 Å². The summed E-state index contributed by atoms with van der Waals surface area (Å²) in [6.45, 7) is 4.55. The lowest BCUT2D eigenvalue weighted by atomic mass is 10.1. The number of fused-ring (bicyclic) bond motifs is 1. The molecule has 2 heterocycles. The summed E-state index contributed by atoms with van der Waals surface area (Å²) in [4.78, 5) is 15.0. The Balaban J connectivity index is 1.90. The van der Waals surface area contributed by atoms with Gasteiger partial charge >= 0.3 is 0 Å². The number of aromatic nitrogens is 1. The zero-order valence-electron chi connectivity index (χ0n) is 11.9. The van der Waals surface area contributed by atoms with Gasteiger partial charge in [0.2, 0.25) is 0 Å². The van der Waals surface area contributed by atoms with Gasteiger partial charge in [0.1, 0.15) is 13.2 Å². The molecule has 2 aromatic rings. The molecule has 0 fully saturated rings. The van der Waals surface area contributed by atoms with Crippen LogP contribution in [0, 0.1) is 0 Å². The van der Waals surface area contributed by atoms with Gasteiger partial charge in [0.25, 0.3) is 5.56 Å². The third kappa shape index (κ3) is 2.92. The summed E-state index contributed by atoms with van der Waals surface area (Å²) >= 11 is 0. The minimum absolute atomic E-state index is 0.0664. The van der Waals surface area contributed by atoms with Gasteiger partial charge in [-0.1, -0.05) is 13.0 Å². The standard InChI is InChI=1S/C16H18N2O3/c1-2-17-10-12-3-5-13(18-16(12)19)11-4-6-14-15(9-11)21-8-7-20-14/h3-6,9,17H,2,7-8,10H2,1H3,(H,18,19). The number of rotatable bonds is 4. The number of hydrogen-bond donors (Lipinski definition) is 2. The highest BCUT2D eigenvalue weighted by atomic mass is 16.6. The van der Waals surface area contributed by atoms with Crippen LogP contribution >= 0.6 is 0 Å². The van der Waals surface area contributed by atoms with Gasteiger partial charge in [0, 0.05) is 23.4 Å². The van der Waals surface area contributed by atoms with Crippen LogP contribution in [0.1, 0.15) is 12.5 Å². The predicted molar refractivity (Wildman–Crippen MR) is 80.9 cm³/mol. The maximum absolute atomic E-state index is 12.1. The molecule has 110 valence electrons. The van der Waals surface area contributed by atoms with Crippen molar-refractivity contribution in [2.45, 2.75) is 13.5 Å². The van der Waals surface area contributed by atoms with Crippen LogP contribution in [0.15, 0.2) is 35.1 Å². The number of aromatic amines is 1. The SMILES string of the molecule is CCNCc1ccc(-c2ccc3c(c2)OCCO3)[nH]c1=O. The van der Waals surface area contributed by atoms with Crippen LogP contribution < -0.4 is 20.3 Å². The van der Waals surface area contributed by atoms with Crippen molar-refractivity contribution in [2.24, 2.45) is 0 Å². The maximum Gasteiger partial charge on any atom is 0.252 e. The molecule has 0 amide bonds. The Bertz CT molecular complexity index is 694. The van der Waals surface area contributed by atoms with E-state index in [1.165, 1.54) is 0 Å². The number of ether oxygens (including phenoxy) is 2. The first kappa shape index (κ1) is 13.7. The summed E-state index contributed by atoms with van der Waals surface area (Å²) in [6.07, 6.45) is 0. The summed E-state index contributed by atoms with van der Waals surface area (Å²) in [7, 11) is 0. The highest BCUT2D eigenvalue weighted by molar-refractivity contribution is 5.64. The van der Waals surface area contributed by atoms with Crippen molar-refractivity contribution in [2.75, 3.05) is 19.8 Å². The molecule has 0 aliphatic carbocycles. The third-order valence-corrected chi connectivity index (χ3v) is 3.41. The van der Waals surface area contributed by atoms with Gasteiger partial charge < -0.3 is 19.8 Å². The van der Waals surface area contributed by atoms with Crippen molar-refractivity contribution in [1.82, 2.24) is 10.3 Å². The lowest BCUT2D eigenvalue weighted by Crippen LogP contribution is -2.20. The molecule has 0 saturated heterocycles. The minimum atomic E-state index is -0.0664. The Hall–Kier alpha value is -2.27. The van der Waals surface area contributed by atoms with Gasteiger partial charge in [0.05, 0.1) is 0 Å². The average molecular weight is 286 g/mol. The molecule has 1 aromatic carbocycles. The molecule has 2 N–H and O–H groups in total. The molecule has 5 heteroatoms. The Morgan fingerprint density at radius 3 is 2.71 bits per heavy atom. The molecule has 1 aliphatic rings. The van der Waals surface area contributed by atoms with Gasteiger partial charge in [-0.3, -0.25) is 4.79 Å². The molecule has 0 spiro atoms. The second-order valence-electron chi connectivity index (χ2n) is 4.87. The molecule has 0 bridgehead atoms. The number of benzene rings is 1. The molecule has 0 atom stereocenters. The number of hydrogen-bond acceptors (Lipinski definition) is 4. The lowest BCUT2D eigenvalue weighted by molar-refractivity contribution is 0.171. The molecule has 0 unspecified atom stereocenters. The van der Waals surface area contributed by atoms with Crippen LogP contribution in [0.2, 0.25) is 0 Å². The van der Waals surface area contributed by atoms with Gasteiger partial charge in [-0.05, 0) is 30.8 Å². The van der Waals surface area contributed by atoms with E-state index < -0.39 is 0 Å². The van der Waals surface area contributed by atoms with Gasteiger partial charge in [-0.2, -0.15) is 0 Å². The summed E-state index contributed by atoms with van der Waals surface area (Å²) < 4.78 is 11.1. The number of pyridine rings is 1. The van der Waals surface area contributed by atoms with Crippen LogP contribution in [-0.2, 0) is 6.54 Å².